The molecule has 0 fully saturated rings. The molecule has 24 heavy (non-hydrogen) atoms. The summed E-state index contributed by atoms with van der Waals surface area (Å²) < 4.78 is 42.8. The van der Waals surface area contributed by atoms with Crippen molar-refractivity contribution in [2.75, 3.05) is 38.2 Å². The van der Waals surface area contributed by atoms with Gasteiger partial charge in [0.25, 0.3) is 0 Å². The van der Waals surface area contributed by atoms with Crippen LogP contribution in [0.5, 0.6) is 5.75 Å². The van der Waals surface area contributed by atoms with Crippen LogP contribution >= 0.6 is 27.7 Å². The molecule has 0 spiro atoms. The summed E-state index contributed by atoms with van der Waals surface area (Å²) in [6.45, 7) is 1.03. The first-order valence-electron chi connectivity index (χ1n) is 7.38. The predicted octanol–water partition coefficient (Wildman–Crippen LogP) is 3.68. The number of halogens is 4. The Bertz CT molecular complexity index is 515. The molecule has 2 N–H and O–H groups in total. The topological polar surface area (TPSA) is 45.7 Å². The van der Waals surface area contributed by atoms with Crippen molar-refractivity contribution in [2.24, 2.45) is 4.99 Å². The van der Waals surface area contributed by atoms with Gasteiger partial charge in [-0.15, -0.1) is 0 Å². The molecule has 0 atom stereocenters. The van der Waals surface area contributed by atoms with E-state index in [1.807, 2.05) is 24.3 Å². The average Bonchev–Trinajstić information content (AvgIpc) is 2.51. The van der Waals surface area contributed by atoms with Gasteiger partial charge in [0, 0.05) is 36.1 Å². The highest BCUT2D eigenvalue weighted by Crippen LogP contribution is 2.18. The summed E-state index contributed by atoms with van der Waals surface area (Å²) in [6, 6.07) is 7.65. The summed E-state index contributed by atoms with van der Waals surface area (Å²) in [5.74, 6) is 2.83. The fraction of sp³-hybridized carbons (Fsp3) is 0.533. The standard InChI is InChI=1S/C15H21BrF3N3OS/c1-20-14(21-6-5-15(17,18)19)22-7-9-24-10-8-23-13-4-2-3-12(16)11-13/h2-4,11H,5-10H2,1H3,(H2,20,21,22). The van der Waals surface area contributed by atoms with Crippen molar-refractivity contribution in [2.45, 2.75) is 12.6 Å². The first-order valence-corrected chi connectivity index (χ1v) is 9.33. The predicted molar refractivity (Wildman–Crippen MR) is 97.0 cm³/mol. The Morgan fingerprint density at radius 3 is 2.67 bits per heavy atom. The van der Waals surface area contributed by atoms with E-state index in [2.05, 4.69) is 31.6 Å². The lowest BCUT2D eigenvalue weighted by molar-refractivity contribution is -0.132. The van der Waals surface area contributed by atoms with E-state index < -0.39 is 12.6 Å². The van der Waals surface area contributed by atoms with Gasteiger partial charge in [-0.25, -0.2) is 0 Å². The Hall–Kier alpha value is -1.09. The summed E-state index contributed by atoms with van der Waals surface area (Å²) in [4.78, 5) is 3.88. The van der Waals surface area contributed by atoms with Crippen LogP contribution in [0.1, 0.15) is 6.42 Å². The monoisotopic (exact) mass is 427 g/mol. The molecule has 0 aliphatic carbocycles. The second-order valence-corrected chi connectivity index (χ2v) is 6.85. The summed E-state index contributed by atoms with van der Waals surface area (Å²) in [5, 5.41) is 5.61. The van der Waals surface area contributed by atoms with E-state index in [0.717, 1.165) is 21.7 Å². The molecular weight excluding hydrogens is 407 g/mol. The first-order chi connectivity index (χ1) is 11.4. The number of thioether (sulfide) groups is 1. The molecule has 0 aliphatic rings. The molecule has 9 heteroatoms. The minimum Gasteiger partial charge on any atom is -0.493 e. The van der Waals surface area contributed by atoms with Crippen LogP contribution in [-0.2, 0) is 0 Å². The summed E-state index contributed by atoms with van der Waals surface area (Å²) >= 11 is 5.08. The van der Waals surface area contributed by atoms with Crippen LogP contribution in [-0.4, -0.2) is 50.4 Å². The molecular formula is C15H21BrF3N3OS. The van der Waals surface area contributed by atoms with E-state index in [9.17, 15) is 13.2 Å². The van der Waals surface area contributed by atoms with Crippen LogP contribution in [0.25, 0.3) is 0 Å². The van der Waals surface area contributed by atoms with Crippen molar-refractivity contribution in [1.29, 1.82) is 0 Å². The smallest absolute Gasteiger partial charge is 0.390 e. The Morgan fingerprint density at radius 2 is 2.00 bits per heavy atom. The SMILES string of the molecule is CN=C(NCCSCCOc1cccc(Br)c1)NCCC(F)(F)F. The molecule has 0 saturated heterocycles. The zero-order chi connectivity index (χ0) is 17.8. The van der Waals surface area contributed by atoms with E-state index in [1.54, 1.807) is 11.8 Å². The average molecular weight is 428 g/mol. The molecule has 0 unspecified atom stereocenters. The van der Waals surface area contributed by atoms with Crippen molar-refractivity contribution in [3.63, 3.8) is 0 Å². The van der Waals surface area contributed by atoms with E-state index in [0.29, 0.717) is 19.1 Å². The van der Waals surface area contributed by atoms with Crippen molar-refractivity contribution in [1.82, 2.24) is 10.6 Å². The number of nitrogens with one attached hydrogen (secondary N) is 2. The van der Waals surface area contributed by atoms with Gasteiger partial charge in [0.1, 0.15) is 5.75 Å². The highest BCUT2D eigenvalue weighted by Gasteiger charge is 2.26. The third-order valence-corrected chi connectivity index (χ3v) is 4.20. The van der Waals surface area contributed by atoms with Gasteiger partial charge in [-0.2, -0.15) is 24.9 Å². The molecule has 0 aliphatic heterocycles. The van der Waals surface area contributed by atoms with Gasteiger partial charge in [0.2, 0.25) is 0 Å². The number of ether oxygens (including phenoxy) is 1. The van der Waals surface area contributed by atoms with Gasteiger partial charge in [0.05, 0.1) is 13.0 Å². The zero-order valence-corrected chi connectivity index (χ0v) is 15.7. The molecule has 1 aromatic rings. The van der Waals surface area contributed by atoms with Crippen molar-refractivity contribution in [3.05, 3.63) is 28.7 Å². The fourth-order valence-electron chi connectivity index (χ4n) is 1.66. The van der Waals surface area contributed by atoms with Crippen LogP contribution in [0.3, 0.4) is 0 Å². The van der Waals surface area contributed by atoms with Crippen LogP contribution in [0, 0.1) is 0 Å². The molecule has 0 amide bonds. The molecule has 1 aromatic carbocycles. The zero-order valence-electron chi connectivity index (χ0n) is 13.3. The van der Waals surface area contributed by atoms with Gasteiger partial charge in [-0.05, 0) is 18.2 Å². The van der Waals surface area contributed by atoms with E-state index in [-0.39, 0.29) is 6.54 Å². The quantitative estimate of drug-likeness (QED) is 0.358. The van der Waals surface area contributed by atoms with E-state index in [4.69, 9.17) is 4.74 Å². The van der Waals surface area contributed by atoms with Gasteiger partial charge in [-0.3, -0.25) is 4.99 Å². The molecule has 0 bridgehead atoms. The molecule has 1 rings (SSSR count). The third-order valence-electron chi connectivity index (χ3n) is 2.76. The summed E-state index contributed by atoms with van der Waals surface area (Å²) in [6.07, 6.45) is -5.04. The molecule has 0 aromatic heterocycles. The number of rotatable bonds is 9. The second-order valence-electron chi connectivity index (χ2n) is 4.71. The lowest BCUT2D eigenvalue weighted by Crippen LogP contribution is -2.39. The van der Waals surface area contributed by atoms with Gasteiger partial charge >= 0.3 is 6.18 Å². The largest absolute Gasteiger partial charge is 0.493 e. The minimum atomic E-state index is -4.16. The number of hydrogen-bond acceptors (Lipinski definition) is 3. The maximum Gasteiger partial charge on any atom is 0.390 e. The van der Waals surface area contributed by atoms with Crippen molar-refractivity contribution < 1.29 is 17.9 Å². The Morgan fingerprint density at radius 1 is 1.25 bits per heavy atom. The fourth-order valence-corrected chi connectivity index (χ4v) is 2.69. The molecule has 0 radical (unpaired) electrons. The molecule has 4 nitrogen and oxygen atoms in total. The molecule has 0 heterocycles. The number of aliphatic imine (C=N–C) groups is 1. The first kappa shape index (κ1) is 21.0. The van der Waals surface area contributed by atoms with Crippen LogP contribution in [0.2, 0.25) is 0 Å². The third kappa shape index (κ3) is 10.6. The molecule has 0 saturated carbocycles. The Labute approximate surface area is 152 Å². The number of hydrogen-bond donors (Lipinski definition) is 2. The Kier molecular flexibility index (Phi) is 10.0. The normalized spacial score (nSPS) is 12.1. The minimum absolute atomic E-state index is 0.184. The van der Waals surface area contributed by atoms with Crippen LogP contribution in [0.15, 0.2) is 33.7 Å². The van der Waals surface area contributed by atoms with Gasteiger partial charge in [-0.1, -0.05) is 22.0 Å². The van der Waals surface area contributed by atoms with E-state index in [1.165, 1.54) is 7.05 Å². The summed E-state index contributed by atoms with van der Waals surface area (Å²) in [7, 11) is 1.53. The number of alkyl halides is 3. The lowest BCUT2D eigenvalue weighted by atomic mass is 10.3. The van der Waals surface area contributed by atoms with Crippen LogP contribution < -0.4 is 15.4 Å². The number of benzene rings is 1. The second kappa shape index (κ2) is 11.5. The highest BCUT2D eigenvalue weighted by molar-refractivity contribution is 9.10. The van der Waals surface area contributed by atoms with Gasteiger partial charge in [0.15, 0.2) is 5.96 Å². The highest BCUT2D eigenvalue weighted by atomic mass is 79.9. The van der Waals surface area contributed by atoms with Crippen LogP contribution in [0.4, 0.5) is 13.2 Å². The van der Waals surface area contributed by atoms with Crippen molar-refractivity contribution in [3.8, 4) is 5.75 Å². The van der Waals surface area contributed by atoms with E-state index >= 15 is 0 Å². The number of nitrogens with zero attached hydrogens (tertiary/aromatic N) is 1. The molecule has 136 valence electrons. The van der Waals surface area contributed by atoms with Gasteiger partial charge < -0.3 is 15.4 Å². The lowest BCUT2D eigenvalue weighted by Gasteiger charge is -2.12. The maximum absolute atomic E-state index is 12.1. The van der Waals surface area contributed by atoms with Crippen molar-refractivity contribution >= 4 is 33.7 Å². The number of guanidine groups is 1. The summed E-state index contributed by atoms with van der Waals surface area (Å²) in [5.41, 5.74) is 0. The maximum atomic E-state index is 12.1. The Balaban J connectivity index is 2.04.